The van der Waals surface area contributed by atoms with Gasteiger partial charge in [-0.1, -0.05) is 43.7 Å². The molecule has 1 amide bonds. The van der Waals surface area contributed by atoms with Crippen molar-refractivity contribution in [2.45, 2.75) is 71.0 Å². The highest BCUT2D eigenvalue weighted by molar-refractivity contribution is 6.32. The molecule has 1 aliphatic rings. The van der Waals surface area contributed by atoms with Crippen LogP contribution in [0.2, 0.25) is 5.02 Å². The highest BCUT2D eigenvalue weighted by atomic mass is 35.5. The van der Waals surface area contributed by atoms with E-state index in [-0.39, 0.29) is 17.5 Å². The Morgan fingerprint density at radius 3 is 2.66 bits per heavy atom. The molecule has 0 aromatic carbocycles. The van der Waals surface area contributed by atoms with Gasteiger partial charge in [0.05, 0.1) is 11.9 Å². The Hall–Kier alpha value is -2.41. The number of carbonyl (C=O) groups is 1. The molecule has 0 aliphatic heterocycles. The molecule has 2 aromatic rings. The van der Waals surface area contributed by atoms with Crippen molar-refractivity contribution in [3.63, 3.8) is 0 Å². The van der Waals surface area contributed by atoms with E-state index in [2.05, 4.69) is 20.7 Å². The Labute approximate surface area is 175 Å². The first-order valence-electron chi connectivity index (χ1n) is 10.2. The van der Waals surface area contributed by atoms with Gasteiger partial charge in [-0.15, -0.1) is 0 Å². The SMILES string of the molecule is Cc1cnccc1CNC(=O)Cn1ncc(NC2CCCCCCC2)c(Cl)c1=O. The molecule has 0 saturated heterocycles. The Bertz CT molecular complexity index is 891. The Kier molecular flexibility index (Phi) is 7.63. The molecule has 1 fully saturated rings. The third kappa shape index (κ3) is 6.03. The summed E-state index contributed by atoms with van der Waals surface area (Å²) in [6.07, 6.45) is 13.3. The molecule has 0 atom stereocenters. The van der Waals surface area contributed by atoms with Crippen LogP contribution in [-0.2, 0) is 17.9 Å². The fourth-order valence-electron chi connectivity index (χ4n) is 3.58. The number of aryl methyl sites for hydroxylation is 1. The second kappa shape index (κ2) is 10.4. The van der Waals surface area contributed by atoms with Crippen molar-refractivity contribution in [1.82, 2.24) is 20.1 Å². The molecule has 2 N–H and O–H groups in total. The van der Waals surface area contributed by atoms with Gasteiger partial charge in [0.1, 0.15) is 11.6 Å². The van der Waals surface area contributed by atoms with Crippen molar-refractivity contribution in [2.75, 3.05) is 5.32 Å². The van der Waals surface area contributed by atoms with Crippen molar-refractivity contribution in [3.8, 4) is 0 Å². The first kappa shape index (κ1) is 21.3. The van der Waals surface area contributed by atoms with E-state index in [1.54, 1.807) is 18.6 Å². The molecule has 1 aliphatic carbocycles. The van der Waals surface area contributed by atoms with Crippen LogP contribution in [0.15, 0.2) is 29.5 Å². The van der Waals surface area contributed by atoms with Gasteiger partial charge in [0, 0.05) is 25.0 Å². The smallest absolute Gasteiger partial charge is 0.288 e. The summed E-state index contributed by atoms with van der Waals surface area (Å²) in [5.74, 6) is -0.299. The summed E-state index contributed by atoms with van der Waals surface area (Å²) >= 11 is 6.29. The molecule has 156 valence electrons. The van der Waals surface area contributed by atoms with Gasteiger partial charge in [-0.2, -0.15) is 5.10 Å². The average Bonchev–Trinajstić information content (AvgIpc) is 2.68. The zero-order chi connectivity index (χ0) is 20.6. The number of nitrogens with one attached hydrogen (secondary N) is 2. The van der Waals surface area contributed by atoms with E-state index in [1.807, 2.05) is 13.0 Å². The molecule has 3 rings (SSSR count). The number of rotatable bonds is 6. The summed E-state index contributed by atoms with van der Waals surface area (Å²) in [4.78, 5) is 28.8. The Balaban J connectivity index is 1.60. The average molecular weight is 418 g/mol. The highest BCUT2D eigenvalue weighted by Gasteiger charge is 2.16. The summed E-state index contributed by atoms with van der Waals surface area (Å²) in [5, 5.41) is 10.4. The number of anilines is 1. The van der Waals surface area contributed by atoms with Gasteiger partial charge >= 0.3 is 0 Å². The second-order valence-electron chi connectivity index (χ2n) is 7.60. The number of hydrogen-bond acceptors (Lipinski definition) is 5. The van der Waals surface area contributed by atoms with Crippen LogP contribution in [0.3, 0.4) is 0 Å². The lowest BCUT2D eigenvalue weighted by Gasteiger charge is -2.22. The van der Waals surface area contributed by atoms with Crippen molar-refractivity contribution in [2.24, 2.45) is 0 Å². The molecular weight excluding hydrogens is 390 g/mol. The summed E-state index contributed by atoms with van der Waals surface area (Å²) in [6, 6.07) is 2.16. The summed E-state index contributed by atoms with van der Waals surface area (Å²) in [7, 11) is 0. The fraction of sp³-hybridized carbons (Fsp3) is 0.524. The second-order valence-corrected chi connectivity index (χ2v) is 7.98. The molecule has 0 unspecified atom stereocenters. The molecule has 2 heterocycles. The molecule has 7 nitrogen and oxygen atoms in total. The van der Waals surface area contributed by atoms with E-state index in [1.165, 1.54) is 32.1 Å². The van der Waals surface area contributed by atoms with E-state index >= 15 is 0 Å². The minimum Gasteiger partial charge on any atom is -0.380 e. The Morgan fingerprint density at radius 2 is 1.93 bits per heavy atom. The third-order valence-corrected chi connectivity index (χ3v) is 5.72. The number of pyridine rings is 1. The maximum atomic E-state index is 12.6. The van der Waals surface area contributed by atoms with Gasteiger partial charge < -0.3 is 10.6 Å². The number of amides is 1. The minimum absolute atomic E-state index is 0.0832. The predicted octanol–water partition coefficient (Wildman–Crippen LogP) is 3.44. The van der Waals surface area contributed by atoms with Crippen LogP contribution in [-0.4, -0.2) is 26.7 Å². The minimum atomic E-state index is -0.460. The zero-order valence-corrected chi connectivity index (χ0v) is 17.5. The van der Waals surface area contributed by atoms with Crippen LogP contribution >= 0.6 is 11.6 Å². The monoisotopic (exact) mass is 417 g/mol. The quantitative estimate of drug-likeness (QED) is 0.751. The number of aromatic nitrogens is 3. The molecule has 29 heavy (non-hydrogen) atoms. The summed E-state index contributed by atoms with van der Waals surface area (Å²) in [5.41, 5.74) is 2.06. The summed E-state index contributed by atoms with van der Waals surface area (Å²) < 4.78 is 1.10. The number of nitrogens with zero attached hydrogens (tertiary/aromatic N) is 3. The van der Waals surface area contributed by atoms with Crippen LogP contribution in [0.1, 0.15) is 56.1 Å². The molecule has 0 spiro atoms. The lowest BCUT2D eigenvalue weighted by atomic mass is 9.96. The van der Waals surface area contributed by atoms with Crippen LogP contribution in [0.5, 0.6) is 0 Å². The van der Waals surface area contributed by atoms with Gasteiger partial charge in [-0.3, -0.25) is 14.6 Å². The first-order chi connectivity index (χ1) is 14.0. The zero-order valence-electron chi connectivity index (χ0n) is 16.8. The van der Waals surface area contributed by atoms with Gasteiger partial charge in [0.2, 0.25) is 5.91 Å². The van der Waals surface area contributed by atoms with Crippen LogP contribution in [0.4, 0.5) is 5.69 Å². The number of carbonyl (C=O) groups excluding carboxylic acids is 1. The van der Waals surface area contributed by atoms with Crippen molar-refractivity contribution < 1.29 is 4.79 Å². The van der Waals surface area contributed by atoms with Gasteiger partial charge in [-0.25, -0.2) is 4.68 Å². The topological polar surface area (TPSA) is 88.9 Å². The van der Waals surface area contributed by atoms with E-state index in [0.29, 0.717) is 18.3 Å². The van der Waals surface area contributed by atoms with E-state index < -0.39 is 5.56 Å². The highest BCUT2D eigenvalue weighted by Crippen LogP contribution is 2.23. The molecule has 8 heteroatoms. The van der Waals surface area contributed by atoms with E-state index in [4.69, 9.17) is 11.6 Å². The van der Waals surface area contributed by atoms with Gasteiger partial charge in [0.15, 0.2) is 0 Å². The normalized spacial score (nSPS) is 15.4. The molecule has 1 saturated carbocycles. The molecule has 2 aromatic heterocycles. The van der Waals surface area contributed by atoms with Gasteiger partial charge in [-0.05, 0) is 37.0 Å². The number of halogens is 1. The third-order valence-electron chi connectivity index (χ3n) is 5.36. The lowest BCUT2D eigenvalue weighted by molar-refractivity contribution is -0.122. The van der Waals surface area contributed by atoms with Crippen molar-refractivity contribution in [3.05, 3.63) is 51.2 Å². The van der Waals surface area contributed by atoms with Gasteiger partial charge in [0.25, 0.3) is 5.56 Å². The first-order valence-corrected chi connectivity index (χ1v) is 10.6. The molecular formula is C21H28ClN5O2. The van der Waals surface area contributed by atoms with Crippen molar-refractivity contribution >= 4 is 23.2 Å². The fourth-order valence-corrected chi connectivity index (χ4v) is 3.79. The molecule has 0 bridgehead atoms. The maximum absolute atomic E-state index is 12.6. The maximum Gasteiger partial charge on any atom is 0.288 e. The summed E-state index contributed by atoms with van der Waals surface area (Å²) in [6.45, 7) is 2.13. The van der Waals surface area contributed by atoms with E-state index in [9.17, 15) is 9.59 Å². The largest absolute Gasteiger partial charge is 0.380 e. The van der Waals surface area contributed by atoms with E-state index in [0.717, 1.165) is 28.7 Å². The van der Waals surface area contributed by atoms with Crippen LogP contribution < -0.4 is 16.2 Å². The number of hydrogen-bond donors (Lipinski definition) is 2. The predicted molar refractivity (Wildman–Crippen MR) is 114 cm³/mol. The van der Waals surface area contributed by atoms with Crippen LogP contribution in [0.25, 0.3) is 0 Å². The van der Waals surface area contributed by atoms with Crippen LogP contribution in [0, 0.1) is 6.92 Å². The molecule has 0 radical (unpaired) electrons. The lowest BCUT2D eigenvalue weighted by Crippen LogP contribution is -2.34. The van der Waals surface area contributed by atoms with Crippen molar-refractivity contribution in [1.29, 1.82) is 0 Å². The standard InChI is InChI=1S/C21H28ClN5O2/c1-15-11-23-10-9-16(15)12-24-19(28)14-27-21(29)20(22)18(13-25-27)26-17-7-5-3-2-4-6-8-17/h9-11,13,17,26H,2-8,12,14H2,1H3,(H,24,28). The Morgan fingerprint density at radius 1 is 1.21 bits per heavy atom.